The molecule has 0 atom stereocenters. The van der Waals surface area contributed by atoms with E-state index in [0.29, 0.717) is 6.07 Å². The first kappa shape index (κ1) is 12.3. The maximum absolute atomic E-state index is 13.2. The van der Waals surface area contributed by atoms with Crippen molar-refractivity contribution in [1.82, 2.24) is 4.98 Å². The summed E-state index contributed by atoms with van der Waals surface area (Å²) in [6.07, 6.45) is -3.02. The molecule has 0 bridgehead atoms. The van der Waals surface area contributed by atoms with Crippen LogP contribution >= 0.6 is 0 Å². The zero-order valence-corrected chi connectivity index (χ0v) is 8.22. The number of nitrogens with one attached hydrogen (secondary N) is 1. The molecule has 0 radical (unpaired) electrons. The van der Waals surface area contributed by atoms with Crippen molar-refractivity contribution in [3.05, 3.63) is 33.5 Å². The summed E-state index contributed by atoms with van der Waals surface area (Å²) in [7, 11) is 0. The van der Waals surface area contributed by atoms with Crippen LogP contribution in [0.1, 0.15) is 29.4 Å². The molecule has 16 heavy (non-hydrogen) atoms. The topological polar surface area (TPSA) is 59.2 Å². The number of aromatic amines is 1. The van der Waals surface area contributed by atoms with Crippen molar-refractivity contribution in [3.63, 3.8) is 0 Å². The molecule has 0 fully saturated rings. The van der Waals surface area contributed by atoms with E-state index < -0.39 is 35.0 Å². The Morgan fingerprint density at radius 1 is 1.56 bits per heavy atom. The van der Waals surface area contributed by atoms with Gasteiger partial charge in [0.2, 0.25) is 5.95 Å². The second kappa shape index (κ2) is 4.82. The Bertz CT molecular complexity index is 456. The molecular formula is C9H8F3NO3. The molecule has 1 aromatic heterocycles. The summed E-state index contributed by atoms with van der Waals surface area (Å²) in [5.41, 5.74) is -2.91. The number of ether oxygens (including phenoxy) is 1. The van der Waals surface area contributed by atoms with Gasteiger partial charge in [-0.05, 0) is 6.92 Å². The molecular weight excluding hydrogens is 227 g/mol. The third-order valence-corrected chi connectivity index (χ3v) is 1.72. The van der Waals surface area contributed by atoms with Crippen LogP contribution in [0, 0.1) is 5.95 Å². The van der Waals surface area contributed by atoms with Gasteiger partial charge in [-0.25, -0.2) is 13.6 Å². The lowest BCUT2D eigenvalue weighted by Crippen LogP contribution is -2.21. The summed E-state index contributed by atoms with van der Waals surface area (Å²) in [4.78, 5) is 23.9. The van der Waals surface area contributed by atoms with Gasteiger partial charge >= 0.3 is 5.97 Å². The Morgan fingerprint density at radius 2 is 2.19 bits per heavy atom. The van der Waals surface area contributed by atoms with Crippen LogP contribution in [0.3, 0.4) is 0 Å². The molecule has 4 nitrogen and oxygen atoms in total. The number of rotatable bonds is 3. The average molecular weight is 235 g/mol. The number of carbonyl (C=O) groups is 1. The average Bonchev–Trinajstić information content (AvgIpc) is 2.16. The quantitative estimate of drug-likeness (QED) is 0.639. The Hall–Kier alpha value is -1.79. The van der Waals surface area contributed by atoms with Gasteiger partial charge in [-0.15, -0.1) is 0 Å². The monoisotopic (exact) mass is 235 g/mol. The van der Waals surface area contributed by atoms with Crippen molar-refractivity contribution >= 4 is 5.97 Å². The second-order valence-corrected chi connectivity index (χ2v) is 2.80. The van der Waals surface area contributed by atoms with E-state index in [-0.39, 0.29) is 6.61 Å². The summed E-state index contributed by atoms with van der Waals surface area (Å²) in [6.45, 7) is 1.42. The minimum absolute atomic E-state index is 0.0473. The van der Waals surface area contributed by atoms with E-state index in [1.54, 1.807) is 4.98 Å². The summed E-state index contributed by atoms with van der Waals surface area (Å²) >= 11 is 0. The minimum Gasteiger partial charge on any atom is -0.462 e. The molecule has 0 saturated carbocycles. The Morgan fingerprint density at radius 3 is 2.62 bits per heavy atom. The summed E-state index contributed by atoms with van der Waals surface area (Å²) in [5.74, 6) is -2.59. The normalized spacial score (nSPS) is 10.6. The first-order valence-corrected chi connectivity index (χ1v) is 4.35. The molecule has 88 valence electrons. The summed E-state index contributed by atoms with van der Waals surface area (Å²) < 4.78 is 41.9. The Balaban J connectivity index is 3.23. The number of hydrogen-bond acceptors (Lipinski definition) is 3. The number of hydrogen-bond donors (Lipinski definition) is 1. The van der Waals surface area contributed by atoms with E-state index in [1.165, 1.54) is 6.92 Å². The number of H-pyrrole nitrogens is 1. The van der Waals surface area contributed by atoms with Crippen molar-refractivity contribution < 1.29 is 22.7 Å². The standard InChI is InChI=1S/C9H8F3NO3/c1-2-16-9(15)6-5(14)3-4(7(10)11)13-8(6)12/h3,7H,2H2,1H3,(H,13,14). The number of halogens is 3. The predicted octanol–water partition coefficient (Wildman–Crippen LogP) is 1.63. The van der Waals surface area contributed by atoms with Crippen LogP contribution in [0.25, 0.3) is 0 Å². The van der Waals surface area contributed by atoms with Gasteiger partial charge in [0.05, 0.1) is 12.3 Å². The van der Waals surface area contributed by atoms with Crippen LogP contribution in [-0.4, -0.2) is 17.6 Å². The lowest BCUT2D eigenvalue weighted by atomic mass is 10.2. The van der Waals surface area contributed by atoms with Crippen molar-refractivity contribution in [3.8, 4) is 0 Å². The van der Waals surface area contributed by atoms with Gasteiger partial charge in [0.1, 0.15) is 0 Å². The fraction of sp³-hybridized carbons (Fsp3) is 0.333. The fourth-order valence-electron chi connectivity index (χ4n) is 1.06. The molecule has 0 unspecified atom stereocenters. The highest BCUT2D eigenvalue weighted by atomic mass is 19.3. The molecule has 0 aromatic carbocycles. The van der Waals surface area contributed by atoms with Gasteiger partial charge in [-0.2, -0.15) is 4.39 Å². The van der Waals surface area contributed by atoms with Crippen LogP contribution in [0.15, 0.2) is 10.9 Å². The lowest BCUT2D eigenvalue weighted by Gasteiger charge is -2.04. The SMILES string of the molecule is CCOC(=O)c1c(F)[nH]c(C(F)F)cc1=O. The van der Waals surface area contributed by atoms with Gasteiger partial charge in [0.25, 0.3) is 6.43 Å². The molecule has 1 rings (SSSR count). The van der Waals surface area contributed by atoms with Gasteiger partial charge < -0.3 is 9.72 Å². The molecule has 1 heterocycles. The molecule has 7 heteroatoms. The molecule has 0 amide bonds. The maximum Gasteiger partial charge on any atom is 0.346 e. The fourth-order valence-corrected chi connectivity index (χ4v) is 1.06. The second-order valence-electron chi connectivity index (χ2n) is 2.80. The Kier molecular flexibility index (Phi) is 3.70. The third kappa shape index (κ3) is 2.41. The highest BCUT2D eigenvalue weighted by Crippen LogP contribution is 2.15. The van der Waals surface area contributed by atoms with Crippen molar-refractivity contribution in [2.75, 3.05) is 6.61 Å². The molecule has 0 spiro atoms. The van der Waals surface area contributed by atoms with Crippen LogP contribution < -0.4 is 5.43 Å². The van der Waals surface area contributed by atoms with E-state index in [1.807, 2.05) is 0 Å². The van der Waals surface area contributed by atoms with E-state index >= 15 is 0 Å². The number of pyridine rings is 1. The van der Waals surface area contributed by atoms with Crippen LogP contribution in [0.5, 0.6) is 0 Å². The predicted molar refractivity (Wildman–Crippen MR) is 47.9 cm³/mol. The van der Waals surface area contributed by atoms with E-state index in [9.17, 15) is 22.8 Å². The highest BCUT2D eigenvalue weighted by molar-refractivity contribution is 5.89. The number of aromatic nitrogens is 1. The summed E-state index contributed by atoms with van der Waals surface area (Å²) in [5, 5.41) is 0. The number of alkyl halides is 2. The van der Waals surface area contributed by atoms with Crippen molar-refractivity contribution in [1.29, 1.82) is 0 Å². The van der Waals surface area contributed by atoms with Gasteiger partial charge in [0.15, 0.2) is 11.0 Å². The van der Waals surface area contributed by atoms with Gasteiger partial charge in [-0.1, -0.05) is 0 Å². The number of carbonyl (C=O) groups excluding carboxylic acids is 1. The van der Waals surface area contributed by atoms with Crippen LogP contribution in [0.2, 0.25) is 0 Å². The third-order valence-electron chi connectivity index (χ3n) is 1.72. The molecule has 1 aromatic rings. The zero-order chi connectivity index (χ0) is 12.3. The molecule has 0 aliphatic carbocycles. The van der Waals surface area contributed by atoms with Crippen LogP contribution in [-0.2, 0) is 4.74 Å². The highest BCUT2D eigenvalue weighted by Gasteiger charge is 2.21. The zero-order valence-electron chi connectivity index (χ0n) is 8.22. The van der Waals surface area contributed by atoms with E-state index in [0.717, 1.165) is 0 Å². The molecule has 0 saturated heterocycles. The number of esters is 1. The lowest BCUT2D eigenvalue weighted by molar-refractivity contribution is 0.0517. The van der Waals surface area contributed by atoms with Gasteiger partial charge in [0, 0.05) is 6.07 Å². The molecule has 1 N–H and O–H groups in total. The Labute approximate surface area is 88.0 Å². The van der Waals surface area contributed by atoms with E-state index in [2.05, 4.69) is 4.74 Å². The first-order valence-electron chi connectivity index (χ1n) is 4.35. The minimum atomic E-state index is -3.02. The van der Waals surface area contributed by atoms with Crippen LogP contribution in [0.4, 0.5) is 13.2 Å². The smallest absolute Gasteiger partial charge is 0.346 e. The van der Waals surface area contributed by atoms with Crippen molar-refractivity contribution in [2.45, 2.75) is 13.3 Å². The van der Waals surface area contributed by atoms with E-state index in [4.69, 9.17) is 0 Å². The maximum atomic E-state index is 13.2. The molecule has 0 aliphatic rings. The first-order chi connectivity index (χ1) is 7.47. The molecule has 0 aliphatic heterocycles. The largest absolute Gasteiger partial charge is 0.462 e. The van der Waals surface area contributed by atoms with Gasteiger partial charge in [-0.3, -0.25) is 4.79 Å². The summed E-state index contributed by atoms with van der Waals surface area (Å²) in [6, 6.07) is 0.472. The van der Waals surface area contributed by atoms with Crippen molar-refractivity contribution in [2.24, 2.45) is 0 Å².